The lowest BCUT2D eigenvalue weighted by Crippen LogP contribution is -2.39. The Morgan fingerprint density at radius 2 is 2.04 bits per heavy atom. The summed E-state index contributed by atoms with van der Waals surface area (Å²) in [4.78, 5) is 34.3. The van der Waals surface area contributed by atoms with Crippen LogP contribution in [0.1, 0.15) is 42.1 Å². The molecule has 6 heteroatoms. The van der Waals surface area contributed by atoms with Gasteiger partial charge in [0.1, 0.15) is 12.2 Å². The van der Waals surface area contributed by atoms with Gasteiger partial charge in [0.05, 0.1) is 18.4 Å². The van der Waals surface area contributed by atoms with Gasteiger partial charge in [-0.15, -0.1) is 0 Å². The van der Waals surface area contributed by atoms with Crippen molar-refractivity contribution in [2.45, 2.75) is 44.8 Å². The van der Waals surface area contributed by atoms with Crippen LogP contribution in [0, 0.1) is 0 Å². The molecule has 1 N–H and O–H groups in total. The maximum atomic E-state index is 12.0. The highest BCUT2D eigenvalue weighted by Gasteiger charge is 2.33. The number of ether oxygens (including phenoxy) is 2. The number of carboxylic acids is 1. The molecule has 6 nitrogen and oxygen atoms in total. The van der Waals surface area contributed by atoms with Crippen molar-refractivity contribution in [3.63, 3.8) is 0 Å². The molecule has 0 radical (unpaired) electrons. The summed E-state index contributed by atoms with van der Waals surface area (Å²) in [5, 5.41) is 8.52. The van der Waals surface area contributed by atoms with Crippen molar-refractivity contribution < 1.29 is 29.0 Å². The fourth-order valence-corrected chi connectivity index (χ4v) is 2.57. The van der Waals surface area contributed by atoms with Gasteiger partial charge < -0.3 is 14.6 Å². The first kappa shape index (κ1) is 17.7. The highest BCUT2D eigenvalue weighted by Crippen LogP contribution is 2.24. The van der Waals surface area contributed by atoms with Crippen LogP contribution in [0.15, 0.2) is 36.4 Å². The number of cyclic esters (lactones) is 1. The fraction of sp³-hybridized carbons (Fsp3) is 0.389. The number of rotatable bonds is 7. The lowest BCUT2D eigenvalue weighted by Gasteiger charge is -2.30. The Labute approximate surface area is 140 Å². The minimum atomic E-state index is -0.959. The summed E-state index contributed by atoms with van der Waals surface area (Å²) in [7, 11) is 0. The average Bonchev–Trinajstić information content (AvgIpc) is 2.56. The molecule has 1 aliphatic rings. The van der Waals surface area contributed by atoms with Crippen LogP contribution in [-0.4, -0.2) is 35.2 Å². The molecule has 0 aromatic heterocycles. The van der Waals surface area contributed by atoms with E-state index < -0.39 is 30.1 Å². The van der Waals surface area contributed by atoms with Gasteiger partial charge in [0.25, 0.3) is 0 Å². The van der Waals surface area contributed by atoms with E-state index >= 15 is 0 Å². The summed E-state index contributed by atoms with van der Waals surface area (Å²) in [6.45, 7) is 1.85. The molecule has 128 valence electrons. The van der Waals surface area contributed by atoms with Gasteiger partial charge in [0.15, 0.2) is 0 Å². The van der Waals surface area contributed by atoms with E-state index in [1.54, 1.807) is 12.1 Å². The highest BCUT2D eigenvalue weighted by atomic mass is 16.6. The lowest BCUT2D eigenvalue weighted by molar-refractivity contribution is -0.154. The van der Waals surface area contributed by atoms with Gasteiger partial charge in [-0.05, 0) is 18.1 Å². The molecule has 24 heavy (non-hydrogen) atoms. The van der Waals surface area contributed by atoms with Crippen LogP contribution in [0.25, 0.3) is 0 Å². The summed E-state index contributed by atoms with van der Waals surface area (Å²) in [6, 6.07) is 7.22. The fourth-order valence-electron chi connectivity index (χ4n) is 2.57. The third kappa shape index (κ3) is 4.68. The molecular formula is C18H20O6. The van der Waals surface area contributed by atoms with Crippen LogP contribution >= 0.6 is 0 Å². The van der Waals surface area contributed by atoms with E-state index in [9.17, 15) is 14.4 Å². The van der Waals surface area contributed by atoms with Crippen LogP contribution in [0.4, 0.5) is 0 Å². The second kappa shape index (κ2) is 8.29. The van der Waals surface area contributed by atoms with E-state index in [0.29, 0.717) is 18.4 Å². The summed E-state index contributed by atoms with van der Waals surface area (Å²) in [5.74, 6) is -1.84. The summed E-state index contributed by atoms with van der Waals surface area (Å²) in [6.07, 6.45) is 2.70. The Morgan fingerprint density at radius 3 is 2.75 bits per heavy atom. The van der Waals surface area contributed by atoms with Gasteiger partial charge in [-0.25, -0.2) is 4.79 Å². The monoisotopic (exact) mass is 332 g/mol. The molecule has 1 aliphatic heterocycles. The van der Waals surface area contributed by atoms with Crippen molar-refractivity contribution >= 4 is 17.9 Å². The quantitative estimate of drug-likeness (QED) is 0.609. The predicted octanol–water partition coefficient (Wildman–Crippen LogP) is 2.51. The number of esters is 2. The minimum absolute atomic E-state index is 0.0129. The number of carbonyl (C=O) groups is 3. The Morgan fingerprint density at radius 1 is 1.33 bits per heavy atom. The Bertz CT molecular complexity index is 649. The minimum Gasteiger partial charge on any atom is -0.481 e. The molecule has 1 heterocycles. The van der Waals surface area contributed by atoms with E-state index in [0.717, 1.165) is 5.56 Å². The molecule has 2 rings (SSSR count). The summed E-state index contributed by atoms with van der Waals surface area (Å²) >= 11 is 0. The van der Waals surface area contributed by atoms with E-state index in [2.05, 4.69) is 0 Å². The Balaban J connectivity index is 1.94. The molecule has 0 saturated heterocycles. The zero-order valence-corrected chi connectivity index (χ0v) is 13.4. The number of benzene rings is 1. The van der Waals surface area contributed by atoms with Crippen LogP contribution in [0.5, 0.6) is 0 Å². The van der Waals surface area contributed by atoms with E-state index in [1.165, 1.54) is 12.2 Å². The van der Waals surface area contributed by atoms with E-state index in [-0.39, 0.29) is 12.8 Å². The van der Waals surface area contributed by atoms with Crippen LogP contribution < -0.4 is 0 Å². The van der Waals surface area contributed by atoms with Crippen molar-refractivity contribution in [3.05, 3.63) is 47.5 Å². The normalized spacial score (nSPS) is 17.9. The van der Waals surface area contributed by atoms with Gasteiger partial charge >= 0.3 is 17.9 Å². The molecule has 0 amide bonds. The van der Waals surface area contributed by atoms with Gasteiger partial charge in [0, 0.05) is 6.42 Å². The second-order valence-electron chi connectivity index (χ2n) is 5.51. The van der Waals surface area contributed by atoms with Crippen molar-refractivity contribution in [2.75, 3.05) is 0 Å². The number of carboxylic acid groups (broad SMARTS) is 1. The molecule has 2 unspecified atom stereocenters. The number of hydrogen-bond donors (Lipinski definition) is 1. The first-order valence-corrected chi connectivity index (χ1v) is 7.86. The van der Waals surface area contributed by atoms with Crippen LogP contribution in [0.2, 0.25) is 0 Å². The second-order valence-corrected chi connectivity index (χ2v) is 5.51. The maximum absolute atomic E-state index is 12.0. The molecule has 0 spiro atoms. The maximum Gasteiger partial charge on any atom is 0.338 e. The van der Waals surface area contributed by atoms with E-state index in [1.807, 2.05) is 19.1 Å². The molecule has 0 aliphatic carbocycles. The first-order valence-electron chi connectivity index (χ1n) is 7.86. The lowest BCUT2D eigenvalue weighted by atomic mass is 9.95. The van der Waals surface area contributed by atoms with Gasteiger partial charge in [-0.3, -0.25) is 9.59 Å². The van der Waals surface area contributed by atoms with Crippen LogP contribution in [0.3, 0.4) is 0 Å². The van der Waals surface area contributed by atoms with Gasteiger partial charge in [-0.2, -0.15) is 0 Å². The van der Waals surface area contributed by atoms with Crippen molar-refractivity contribution in [2.24, 2.45) is 0 Å². The third-order valence-electron chi connectivity index (χ3n) is 3.76. The van der Waals surface area contributed by atoms with Crippen molar-refractivity contribution in [1.29, 1.82) is 0 Å². The Hall–Kier alpha value is -2.63. The first-order chi connectivity index (χ1) is 11.5. The SMILES string of the molecule is CCC(OC(=O)CC=CCC(=O)O)C1Cc2ccccc2C(=O)O1. The topological polar surface area (TPSA) is 89.9 Å². The smallest absolute Gasteiger partial charge is 0.338 e. The molecular weight excluding hydrogens is 312 g/mol. The molecule has 0 saturated carbocycles. The van der Waals surface area contributed by atoms with Gasteiger partial charge in [-0.1, -0.05) is 37.3 Å². The van der Waals surface area contributed by atoms with Crippen molar-refractivity contribution in [1.82, 2.24) is 0 Å². The summed E-state index contributed by atoms with van der Waals surface area (Å²) < 4.78 is 10.8. The highest BCUT2D eigenvalue weighted by molar-refractivity contribution is 5.92. The molecule has 1 aromatic rings. The van der Waals surface area contributed by atoms with Gasteiger partial charge in [0.2, 0.25) is 0 Å². The van der Waals surface area contributed by atoms with Crippen molar-refractivity contribution in [3.8, 4) is 0 Å². The van der Waals surface area contributed by atoms with E-state index in [4.69, 9.17) is 14.6 Å². The summed E-state index contributed by atoms with van der Waals surface area (Å²) in [5.41, 5.74) is 1.43. The number of carbonyl (C=O) groups excluding carboxylic acids is 2. The van der Waals surface area contributed by atoms with Crippen LogP contribution in [-0.2, 0) is 25.5 Å². The molecule has 2 atom stereocenters. The standard InChI is InChI=1S/C18H20O6/c1-2-14(23-17(21)10-6-5-9-16(19)20)15-11-12-7-3-4-8-13(12)18(22)24-15/h3-8,14-15H,2,9-11H2,1H3,(H,19,20). The number of aliphatic carboxylic acids is 1. The predicted molar refractivity (Wildman–Crippen MR) is 85.5 cm³/mol. The zero-order chi connectivity index (χ0) is 17.5. The number of fused-ring (bicyclic) bond motifs is 1. The largest absolute Gasteiger partial charge is 0.481 e. The molecule has 1 aromatic carbocycles. The molecule has 0 bridgehead atoms. The molecule has 0 fully saturated rings. The average molecular weight is 332 g/mol. The third-order valence-corrected chi connectivity index (χ3v) is 3.76. The number of hydrogen-bond acceptors (Lipinski definition) is 5. The Kier molecular flexibility index (Phi) is 6.12. The zero-order valence-electron chi connectivity index (χ0n) is 13.4.